The van der Waals surface area contributed by atoms with Crippen LogP contribution in [0.1, 0.15) is 31.2 Å². The van der Waals surface area contributed by atoms with Crippen LogP contribution in [0.25, 0.3) is 0 Å². The number of halogens is 1. The van der Waals surface area contributed by atoms with Crippen molar-refractivity contribution in [2.45, 2.75) is 30.5 Å². The molecule has 0 radical (unpaired) electrons. The Hall–Kier alpha value is 0.180. The minimum Gasteiger partial charge on any atom is -0.152 e. The van der Waals surface area contributed by atoms with Gasteiger partial charge in [0.25, 0.3) is 0 Å². The normalized spacial score (nSPS) is 35.7. The monoisotopic (exact) mass is 244 g/mol. The van der Waals surface area contributed by atoms with Crippen molar-refractivity contribution in [1.29, 1.82) is 0 Å². The van der Waals surface area contributed by atoms with Crippen LogP contribution in [0.2, 0.25) is 0 Å². The molecule has 2 rings (SSSR count). The highest BCUT2D eigenvalue weighted by Crippen LogP contribution is 2.43. The highest BCUT2D eigenvalue weighted by Gasteiger charge is 2.31. The molecule has 1 fully saturated rings. The molecule has 0 N–H and O–H groups in total. The lowest BCUT2D eigenvalue weighted by Crippen LogP contribution is -2.08. The predicted molar refractivity (Wildman–Crippen MR) is 58.2 cm³/mol. The zero-order valence-electron chi connectivity index (χ0n) is 7.16. The molecule has 0 bridgehead atoms. The van der Waals surface area contributed by atoms with Gasteiger partial charge in [0.15, 0.2) is 0 Å². The van der Waals surface area contributed by atoms with Gasteiger partial charge in [0.05, 0.1) is 0 Å². The largest absolute Gasteiger partial charge is 0.152 e. The van der Waals surface area contributed by atoms with Gasteiger partial charge in [-0.2, -0.15) is 11.3 Å². The summed E-state index contributed by atoms with van der Waals surface area (Å²) < 4.78 is 0. The second-order valence-corrected chi connectivity index (χ2v) is 5.57. The Morgan fingerprint density at radius 2 is 2.33 bits per heavy atom. The smallest absolute Gasteiger partial charge is 0.0177 e. The summed E-state index contributed by atoms with van der Waals surface area (Å²) in [6.07, 6.45) is 2.69. The average molecular weight is 245 g/mol. The van der Waals surface area contributed by atoms with Crippen molar-refractivity contribution in [3.63, 3.8) is 0 Å². The van der Waals surface area contributed by atoms with Gasteiger partial charge < -0.3 is 0 Å². The van der Waals surface area contributed by atoms with Gasteiger partial charge >= 0.3 is 0 Å². The van der Waals surface area contributed by atoms with Crippen LogP contribution in [0.15, 0.2) is 16.8 Å². The van der Waals surface area contributed by atoms with Crippen molar-refractivity contribution in [3.8, 4) is 0 Å². The van der Waals surface area contributed by atoms with Crippen LogP contribution in [0, 0.1) is 5.92 Å². The van der Waals surface area contributed by atoms with E-state index in [2.05, 4.69) is 39.7 Å². The third kappa shape index (κ3) is 1.47. The molecule has 66 valence electrons. The van der Waals surface area contributed by atoms with Crippen LogP contribution < -0.4 is 0 Å². The van der Waals surface area contributed by atoms with Crippen LogP contribution in [-0.2, 0) is 0 Å². The first kappa shape index (κ1) is 8.76. The highest BCUT2D eigenvalue weighted by atomic mass is 79.9. The van der Waals surface area contributed by atoms with Crippen molar-refractivity contribution in [2.75, 3.05) is 0 Å². The van der Waals surface area contributed by atoms with Crippen LogP contribution in [0.5, 0.6) is 0 Å². The van der Waals surface area contributed by atoms with Crippen molar-refractivity contribution < 1.29 is 0 Å². The van der Waals surface area contributed by atoms with Gasteiger partial charge in [-0.15, -0.1) is 0 Å². The Morgan fingerprint density at radius 3 is 2.83 bits per heavy atom. The maximum Gasteiger partial charge on any atom is 0.0177 e. The molecule has 0 amide bonds. The molecule has 1 aliphatic carbocycles. The van der Waals surface area contributed by atoms with Gasteiger partial charge in [-0.1, -0.05) is 22.9 Å². The Morgan fingerprint density at radius 1 is 1.50 bits per heavy atom. The molecule has 0 nitrogen and oxygen atoms in total. The van der Waals surface area contributed by atoms with Crippen LogP contribution >= 0.6 is 27.3 Å². The van der Waals surface area contributed by atoms with Gasteiger partial charge in [0.2, 0.25) is 0 Å². The quantitative estimate of drug-likeness (QED) is 0.655. The van der Waals surface area contributed by atoms with Gasteiger partial charge in [0.1, 0.15) is 0 Å². The fourth-order valence-corrected chi connectivity index (χ4v) is 3.43. The van der Waals surface area contributed by atoms with Crippen LogP contribution in [0.3, 0.4) is 0 Å². The highest BCUT2D eigenvalue weighted by molar-refractivity contribution is 9.09. The predicted octanol–water partition coefficient (Wildman–Crippen LogP) is 4.03. The fraction of sp³-hybridized carbons (Fsp3) is 0.600. The first-order valence-corrected chi connectivity index (χ1v) is 6.31. The Labute approximate surface area is 86.1 Å². The van der Waals surface area contributed by atoms with E-state index in [0.29, 0.717) is 0 Å². The standard InChI is InChI=1S/C10H13BrS/c1-7-9(2-3-10(7)11)8-4-5-12-6-8/h4-7,9-10H,2-3H2,1H3. The molecule has 12 heavy (non-hydrogen) atoms. The second-order valence-electron chi connectivity index (χ2n) is 3.62. The van der Waals surface area contributed by atoms with E-state index >= 15 is 0 Å². The van der Waals surface area contributed by atoms with Crippen molar-refractivity contribution >= 4 is 27.3 Å². The van der Waals surface area contributed by atoms with E-state index in [0.717, 1.165) is 16.7 Å². The van der Waals surface area contributed by atoms with E-state index in [4.69, 9.17) is 0 Å². The van der Waals surface area contributed by atoms with E-state index in [9.17, 15) is 0 Å². The van der Waals surface area contributed by atoms with Crippen molar-refractivity contribution in [2.24, 2.45) is 5.92 Å². The molecule has 0 aliphatic heterocycles. The van der Waals surface area contributed by atoms with Crippen molar-refractivity contribution in [1.82, 2.24) is 0 Å². The number of hydrogen-bond donors (Lipinski definition) is 0. The summed E-state index contributed by atoms with van der Waals surface area (Å²) in [5.41, 5.74) is 1.55. The summed E-state index contributed by atoms with van der Waals surface area (Å²) in [4.78, 5) is 0.738. The van der Waals surface area contributed by atoms with Crippen molar-refractivity contribution in [3.05, 3.63) is 22.4 Å². The lowest BCUT2D eigenvalue weighted by atomic mass is 9.92. The molecule has 2 heteroatoms. The Bertz CT molecular complexity index is 242. The minimum atomic E-state index is 0.738. The molecule has 3 atom stereocenters. The molecular formula is C10H13BrS. The first-order valence-electron chi connectivity index (χ1n) is 4.45. The molecule has 0 saturated heterocycles. The Kier molecular flexibility index (Phi) is 2.56. The van der Waals surface area contributed by atoms with Gasteiger partial charge in [-0.05, 0) is 47.1 Å². The summed E-state index contributed by atoms with van der Waals surface area (Å²) in [7, 11) is 0. The van der Waals surface area contributed by atoms with E-state index in [1.807, 2.05) is 11.3 Å². The minimum absolute atomic E-state index is 0.738. The van der Waals surface area contributed by atoms with E-state index in [1.165, 1.54) is 12.8 Å². The lowest BCUT2D eigenvalue weighted by molar-refractivity contribution is 0.546. The van der Waals surface area contributed by atoms with Gasteiger partial charge in [-0.25, -0.2) is 0 Å². The summed E-state index contributed by atoms with van der Waals surface area (Å²) in [5.74, 6) is 1.61. The van der Waals surface area contributed by atoms with Gasteiger partial charge in [-0.3, -0.25) is 0 Å². The van der Waals surface area contributed by atoms with E-state index < -0.39 is 0 Å². The molecule has 1 heterocycles. The molecule has 1 aliphatic rings. The molecule has 1 saturated carbocycles. The SMILES string of the molecule is CC1C(Br)CCC1c1ccsc1. The maximum absolute atomic E-state index is 3.73. The number of rotatable bonds is 1. The number of alkyl halides is 1. The van der Waals surface area contributed by atoms with Gasteiger partial charge in [0, 0.05) is 4.83 Å². The van der Waals surface area contributed by atoms with Crippen LogP contribution in [-0.4, -0.2) is 4.83 Å². The molecule has 3 unspecified atom stereocenters. The third-order valence-electron chi connectivity index (χ3n) is 2.93. The summed E-state index contributed by atoms with van der Waals surface area (Å²) >= 11 is 5.55. The zero-order valence-corrected chi connectivity index (χ0v) is 9.57. The molecule has 0 aromatic carbocycles. The molecule has 1 aromatic heterocycles. The summed E-state index contributed by atoms with van der Waals surface area (Å²) in [6.45, 7) is 2.36. The third-order valence-corrected chi connectivity index (χ3v) is 4.92. The van der Waals surface area contributed by atoms with E-state index in [1.54, 1.807) is 5.56 Å². The fourth-order valence-electron chi connectivity index (χ4n) is 2.07. The second kappa shape index (κ2) is 3.51. The first-order chi connectivity index (χ1) is 5.79. The average Bonchev–Trinajstić information content (AvgIpc) is 2.64. The number of thiophene rings is 1. The van der Waals surface area contributed by atoms with E-state index in [-0.39, 0.29) is 0 Å². The summed E-state index contributed by atoms with van der Waals surface area (Å²) in [6, 6.07) is 2.27. The lowest BCUT2D eigenvalue weighted by Gasteiger charge is -2.15. The zero-order chi connectivity index (χ0) is 8.55. The topological polar surface area (TPSA) is 0 Å². The van der Waals surface area contributed by atoms with Crippen LogP contribution in [0.4, 0.5) is 0 Å². The molecular weight excluding hydrogens is 232 g/mol. The maximum atomic E-state index is 3.73. The summed E-state index contributed by atoms with van der Waals surface area (Å²) in [5, 5.41) is 4.48. The molecule has 1 aromatic rings. The Balaban J connectivity index is 2.16. The molecule has 0 spiro atoms. The number of hydrogen-bond acceptors (Lipinski definition) is 1.